The quantitative estimate of drug-likeness (QED) is 0.735. The maximum atomic E-state index is 13.1. The van der Waals surface area contributed by atoms with Crippen molar-refractivity contribution in [3.8, 4) is 0 Å². The van der Waals surface area contributed by atoms with Crippen LogP contribution in [0.4, 0.5) is 5.69 Å². The minimum Gasteiger partial charge on any atom is -0.319 e. The average molecular weight is 369 g/mol. The van der Waals surface area contributed by atoms with E-state index in [1.165, 1.54) is 16.7 Å². The average Bonchev–Trinajstić information content (AvgIpc) is 3.13. The van der Waals surface area contributed by atoms with Gasteiger partial charge in [-0.05, 0) is 55.7 Å². The van der Waals surface area contributed by atoms with Gasteiger partial charge in [0, 0.05) is 5.75 Å². The van der Waals surface area contributed by atoms with Crippen molar-refractivity contribution in [1.82, 2.24) is 4.90 Å². The lowest BCUT2D eigenvalue weighted by Gasteiger charge is -2.26. The lowest BCUT2D eigenvalue weighted by molar-refractivity contribution is -0.119. The maximum Gasteiger partial charge on any atom is 0.257 e. The van der Waals surface area contributed by atoms with Crippen molar-refractivity contribution in [3.63, 3.8) is 0 Å². The number of fused-ring (bicyclic) bond motifs is 1. The van der Waals surface area contributed by atoms with Gasteiger partial charge >= 0.3 is 0 Å². The van der Waals surface area contributed by atoms with Crippen molar-refractivity contribution in [1.29, 1.82) is 0 Å². The largest absolute Gasteiger partial charge is 0.319 e. The number of carbonyl (C=O) groups excluding carboxylic acids is 1. The lowest BCUT2D eigenvalue weighted by Crippen LogP contribution is -2.34. The zero-order valence-electron chi connectivity index (χ0n) is 14.5. The van der Waals surface area contributed by atoms with E-state index >= 15 is 0 Å². The molecule has 0 aliphatic carbocycles. The van der Waals surface area contributed by atoms with Crippen LogP contribution in [0.2, 0.25) is 0 Å². The highest BCUT2D eigenvalue weighted by Gasteiger charge is 2.51. The highest BCUT2D eigenvalue weighted by Crippen LogP contribution is 2.46. The Bertz CT molecular complexity index is 862. The number of aryl methyl sites for hydroxylation is 2. The number of thioether (sulfide) groups is 1. The molecule has 0 N–H and O–H groups in total. The van der Waals surface area contributed by atoms with E-state index in [9.17, 15) is 4.79 Å². The van der Waals surface area contributed by atoms with Crippen LogP contribution in [0.3, 0.4) is 0 Å². The van der Waals surface area contributed by atoms with Crippen molar-refractivity contribution in [2.75, 3.05) is 10.7 Å². The Balaban J connectivity index is 1.71. The molecular weight excluding hydrogens is 348 g/mol. The van der Waals surface area contributed by atoms with Gasteiger partial charge < -0.3 is 4.90 Å². The Morgan fingerprint density at radius 2 is 1.80 bits per heavy atom. The van der Waals surface area contributed by atoms with Gasteiger partial charge in [-0.1, -0.05) is 42.0 Å². The molecule has 0 radical (unpaired) electrons. The molecule has 4 rings (SSSR count). The van der Waals surface area contributed by atoms with Crippen LogP contribution in [-0.2, 0) is 4.79 Å². The van der Waals surface area contributed by atoms with Crippen LogP contribution in [0.25, 0.3) is 0 Å². The summed E-state index contributed by atoms with van der Waals surface area (Å²) in [6, 6.07) is 14.4. The van der Waals surface area contributed by atoms with Crippen molar-refractivity contribution in [2.24, 2.45) is 0 Å². The van der Waals surface area contributed by atoms with E-state index in [0.29, 0.717) is 5.11 Å². The molecule has 25 heavy (non-hydrogen) atoms. The fraction of sp³-hybridized carbons (Fsp3) is 0.300. The van der Waals surface area contributed by atoms with E-state index in [4.69, 9.17) is 12.2 Å². The molecule has 2 heterocycles. The number of nitrogens with zero attached hydrogens (tertiary/aromatic N) is 2. The maximum absolute atomic E-state index is 13.1. The summed E-state index contributed by atoms with van der Waals surface area (Å²) < 4.78 is 0. The molecule has 0 unspecified atom stereocenters. The Kier molecular flexibility index (Phi) is 4.08. The first-order valence-electron chi connectivity index (χ1n) is 8.39. The summed E-state index contributed by atoms with van der Waals surface area (Å²) in [5.41, 5.74) is 5.64. The third-order valence-corrected chi connectivity index (χ3v) is 6.81. The third kappa shape index (κ3) is 2.57. The van der Waals surface area contributed by atoms with Gasteiger partial charge in [0.2, 0.25) is 0 Å². The number of carbonyl (C=O) groups is 1. The zero-order valence-corrected chi connectivity index (χ0v) is 16.2. The van der Waals surface area contributed by atoms with Gasteiger partial charge in [-0.25, -0.2) is 0 Å². The third-order valence-electron chi connectivity index (χ3n) is 5.10. The second-order valence-electron chi connectivity index (χ2n) is 6.69. The summed E-state index contributed by atoms with van der Waals surface area (Å²) in [7, 11) is 0. The van der Waals surface area contributed by atoms with E-state index in [0.717, 1.165) is 17.0 Å². The summed E-state index contributed by atoms with van der Waals surface area (Å²) in [6.45, 7) is 6.20. The molecule has 0 saturated carbocycles. The van der Waals surface area contributed by atoms with Crippen LogP contribution in [0.15, 0.2) is 42.5 Å². The van der Waals surface area contributed by atoms with Gasteiger partial charge in [-0.2, -0.15) is 0 Å². The number of hydrogen-bond acceptors (Lipinski definition) is 3. The SMILES string of the molecule is Cc1ccc([C@H]2SC[C@@H]3C(=O)N(c4cccc(C)c4C)C(=S)N32)cc1. The molecule has 2 aromatic carbocycles. The summed E-state index contributed by atoms with van der Waals surface area (Å²) >= 11 is 7.56. The number of amides is 1. The first kappa shape index (κ1) is 16.6. The van der Waals surface area contributed by atoms with Crippen molar-refractivity contribution < 1.29 is 4.79 Å². The Morgan fingerprint density at radius 3 is 2.52 bits per heavy atom. The fourth-order valence-corrected chi connectivity index (χ4v) is 5.39. The highest BCUT2D eigenvalue weighted by molar-refractivity contribution is 7.99. The van der Waals surface area contributed by atoms with Gasteiger partial charge in [0.15, 0.2) is 5.11 Å². The van der Waals surface area contributed by atoms with Crippen LogP contribution in [0.5, 0.6) is 0 Å². The van der Waals surface area contributed by atoms with Gasteiger partial charge in [-0.3, -0.25) is 9.69 Å². The van der Waals surface area contributed by atoms with Crippen LogP contribution >= 0.6 is 24.0 Å². The molecule has 0 spiro atoms. The van der Waals surface area contributed by atoms with Gasteiger partial charge in [-0.15, -0.1) is 11.8 Å². The van der Waals surface area contributed by atoms with E-state index in [1.54, 1.807) is 16.7 Å². The lowest BCUT2D eigenvalue weighted by atomic mass is 10.1. The minimum atomic E-state index is -0.163. The number of thiocarbonyl (C=S) groups is 1. The molecule has 5 heteroatoms. The molecule has 1 amide bonds. The Labute approximate surface area is 158 Å². The van der Waals surface area contributed by atoms with Gasteiger partial charge in [0.05, 0.1) is 5.69 Å². The first-order chi connectivity index (χ1) is 12.0. The fourth-order valence-electron chi connectivity index (χ4n) is 3.48. The summed E-state index contributed by atoms with van der Waals surface area (Å²) in [4.78, 5) is 16.9. The monoisotopic (exact) mass is 368 g/mol. The van der Waals surface area contributed by atoms with E-state index < -0.39 is 0 Å². The summed E-state index contributed by atoms with van der Waals surface area (Å²) in [5, 5.41) is 0.733. The van der Waals surface area contributed by atoms with Crippen molar-refractivity contribution in [2.45, 2.75) is 32.2 Å². The summed E-state index contributed by atoms with van der Waals surface area (Å²) in [6.07, 6.45) is 0. The molecule has 2 aromatic rings. The van der Waals surface area contributed by atoms with E-state index in [1.807, 2.05) is 12.1 Å². The number of anilines is 1. The summed E-state index contributed by atoms with van der Waals surface area (Å²) in [5.74, 6) is 0.875. The Morgan fingerprint density at radius 1 is 1.08 bits per heavy atom. The second-order valence-corrected chi connectivity index (χ2v) is 8.17. The molecule has 0 aromatic heterocycles. The predicted molar refractivity (Wildman–Crippen MR) is 108 cm³/mol. The van der Waals surface area contributed by atoms with Crippen LogP contribution < -0.4 is 4.90 Å². The molecule has 2 fully saturated rings. The second kappa shape index (κ2) is 6.15. The van der Waals surface area contributed by atoms with Gasteiger partial charge in [0.1, 0.15) is 11.4 Å². The smallest absolute Gasteiger partial charge is 0.257 e. The van der Waals surface area contributed by atoms with Crippen LogP contribution in [0.1, 0.15) is 27.6 Å². The standard InChI is InChI=1S/C20H20N2OS2/c1-12-7-9-15(10-8-12)19-22-17(11-25-19)18(23)21(20(22)24)16-6-4-5-13(2)14(16)3/h4-10,17,19H,11H2,1-3H3/t17-,19-/m1/s1. The molecule has 2 aliphatic rings. The zero-order chi connectivity index (χ0) is 17.7. The molecule has 0 bridgehead atoms. The van der Waals surface area contributed by atoms with Crippen molar-refractivity contribution >= 4 is 40.7 Å². The van der Waals surface area contributed by atoms with E-state index in [2.05, 4.69) is 56.0 Å². The van der Waals surface area contributed by atoms with Gasteiger partial charge in [0.25, 0.3) is 5.91 Å². The van der Waals surface area contributed by atoms with Crippen LogP contribution in [0, 0.1) is 20.8 Å². The topological polar surface area (TPSA) is 23.6 Å². The first-order valence-corrected chi connectivity index (χ1v) is 9.85. The molecule has 2 saturated heterocycles. The molecule has 3 nitrogen and oxygen atoms in total. The number of hydrogen-bond donors (Lipinski definition) is 0. The number of rotatable bonds is 2. The predicted octanol–water partition coefficient (Wildman–Crippen LogP) is 4.36. The van der Waals surface area contributed by atoms with E-state index in [-0.39, 0.29) is 17.3 Å². The highest BCUT2D eigenvalue weighted by atomic mass is 32.2. The Hall–Kier alpha value is -1.85. The molecule has 128 valence electrons. The number of benzene rings is 2. The molecule has 2 aliphatic heterocycles. The minimum absolute atomic E-state index is 0.0980. The van der Waals surface area contributed by atoms with Crippen molar-refractivity contribution in [3.05, 3.63) is 64.7 Å². The van der Waals surface area contributed by atoms with Crippen LogP contribution in [-0.4, -0.2) is 27.7 Å². The molecule has 2 atom stereocenters. The normalized spacial score (nSPS) is 22.7. The molecular formula is C20H20N2OS2.